The third-order valence-corrected chi connectivity index (χ3v) is 4.82. The maximum Gasteiger partial charge on any atom is 0.338 e. The fourth-order valence-electron chi connectivity index (χ4n) is 2.70. The average Bonchev–Trinajstić information content (AvgIpc) is 2.61. The Morgan fingerprint density at radius 3 is 2.22 bits per heavy atom. The highest BCUT2D eigenvalue weighted by Gasteiger charge is 2.54. The van der Waals surface area contributed by atoms with Crippen LogP contribution >= 0.6 is 11.9 Å². The van der Waals surface area contributed by atoms with E-state index in [2.05, 4.69) is 0 Å². The van der Waals surface area contributed by atoms with Gasteiger partial charge in [0.05, 0.1) is 19.8 Å². The summed E-state index contributed by atoms with van der Waals surface area (Å²) in [5.74, 6) is -2.54. The molecule has 148 valence electrons. The number of phenolic OH excluding ortho intramolecular Hbond substituents is 1. The second-order valence-electron chi connectivity index (χ2n) is 5.71. The van der Waals surface area contributed by atoms with Crippen molar-refractivity contribution in [3.63, 3.8) is 0 Å². The van der Waals surface area contributed by atoms with Crippen molar-refractivity contribution in [2.24, 2.45) is 5.92 Å². The van der Waals surface area contributed by atoms with Gasteiger partial charge >= 0.3 is 11.9 Å². The quantitative estimate of drug-likeness (QED) is 0.415. The summed E-state index contributed by atoms with van der Waals surface area (Å²) >= 11 is 1.12. The standard InChI is InChI=1S/C17H21NO8S/c1-8(13-15(21)18(27-5)16(13)26-9(2)19)25-17(22)10-6-11(23-3)14(20)12(7-10)24-4/h6-8,13,16,20H,1-5H3/t8-,13+,16-/m1/s1. The zero-order valence-electron chi connectivity index (χ0n) is 15.5. The molecule has 0 bridgehead atoms. The van der Waals surface area contributed by atoms with E-state index in [0.717, 1.165) is 11.9 Å². The third-order valence-electron chi connectivity index (χ3n) is 4.04. The van der Waals surface area contributed by atoms with Gasteiger partial charge in [-0.05, 0) is 31.0 Å². The maximum absolute atomic E-state index is 12.5. The van der Waals surface area contributed by atoms with Gasteiger partial charge in [-0.25, -0.2) is 9.10 Å². The summed E-state index contributed by atoms with van der Waals surface area (Å²) in [5.41, 5.74) is 0.0749. The van der Waals surface area contributed by atoms with Crippen molar-refractivity contribution in [3.8, 4) is 17.2 Å². The molecular weight excluding hydrogens is 378 g/mol. The summed E-state index contributed by atoms with van der Waals surface area (Å²) < 4.78 is 21.9. The van der Waals surface area contributed by atoms with Crippen molar-refractivity contribution in [1.29, 1.82) is 0 Å². The zero-order valence-corrected chi connectivity index (χ0v) is 16.4. The molecule has 1 aromatic carbocycles. The molecule has 0 aromatic heterocycles. The van der Waals surface area contributed by atoms with E-state index in [1.54, 1.807) is 13.2 Å². The van der Waals surface area contributed by atoms with Gasteiger partial charge in [-0.15, -0.1) is 0 Å². The van der Waals surface area contributed by atoms with E-state index >= 15 is 0 Å². The normalized spacial score (nSPS) is 19.7. The van der Waals surface area contributed by atoms with Gasteiger partial charge in [0.15, 0.2) is 11.5 Å². The SMILES string of the molecule is COc1cc(C(=O)O[C@H](C)[C@H]2C(=O)N(SC)[C@@H]2OC(C)=O)cc(OC)c1O. The number of hydrogen-bond acceptors (Lipinski definition) is 9. The van der Waals surface area contributed by atoms with Gasteiger partial charge in [0.2, 0.25) is 17.9 Å². The molecule has 0 spiro atoms. The molecule has 1 saturated heterocycles. The molecule has 1 aliphatic heterocycles. The van der Waals surface area contributed by atoms with Crippen molar-refractivity contribution in [3.05, 3.63) is 17.7 Å². The smallest absolute Gasteiger partial charge is 0.338 e. The number of phenols is 1. The van der Waals surface area contributed by atoms with Crippen molar-refractivity contribution in [1.82, 2.24) is 4.31 Å². The first kappa shape index (κ1) is 20.7. The van der Waals surface area contributed by atoms with Crippen LogP contribution in [-0.4, -0.2) is 60.1 Å². The molecule has 2 rings (SSSR count). The summed E-state index contributed by atoms with van der Waals surface area (Å²) in [6.07, 6.45) is 0.0243. The van der Waals surface area contributed by atoms with Gasteiger partial charge in [0, 0.05) is 13.2 Å². The Balaban J connectivity index is 2.17. The van der Waals surface area contributed by atoms with E-state index in [1.807, 2.05) is 0 Å². The highest BCUT2D eigenvalue weighted by atomic mass is 32.2. The molecule has 1 aliphatic rings. The molecule has 1 aromatic rings. The molecule has 0 radical (unpaired) electrons. The van der Waals surface area contributed by atoms with Crippen LogP contribution in [0, 0.1) is 5.92 Å². The van der Waals surface area contributed by atoms with Crippen LogP contribution in [0.4, 0.5) is 0 Å². The molecular formula is C17H21NO8S. The van der Waals surface area contributed by atoms with Gasteiger partial charge in [-0.3, -0.25) is 9.59 Å². The van der Waals surface area contributed by atoms with E-state index in [9.17, 15) is 19.5 Å². The Hall–Kier alpha value is -2.62. The summed E-state index contributed by atoms with van der Waals surface area (Å²) in [7, 11) is 2.67. The predicted octanol–water partition coefficient (Wildman–Crippen LogP) is 1.58. The Labute approximate surface area is 160 Å². The van der Waals surface area contributed by atoms with Crippen molar-refractivity contribution < 1.29 is 38.4 Å². The number of rotatable bonds is 7. The Kier molecular flexibility index (Phi) is 6.42. The largest absolute Gasteiger partial charge is 0.502 e. The van der Waals surface area contributed by atoms with Crippen LogP contribution in [-0.2, 0) is 19.1 Å². The molecule has 0 saturated carbocycles. The van der Waals surface area contributed by atoms with E-state index in [4.69, 9.17) is 18.9 Å². The monoisotopic (exact) mass is 399 g/mol. The number of esters is 2. The number of carbonyl (C=O) groups is 3. The molecule has 1 N–H and O–H groups in total. The number of ether oxygens (including phenoxy) is 4. The van der Waals surface area contributed by atoms with Crippen LogP contribution in [0.25, 0.3) is 0 Å². The molecule has 9 nitrogen and oxygen atoms in total. The second kappa shape index (κ2) is 8.38. The van der Waals surface area contributed by atoms with Crippen LogP contribution in [0.15, 0.2) is 12.1 Å². The lowest BCUT2D eigenvalue weighted by Gasteiger charge is -2.45. The summed E-state index contributed by atoms with van der Waals surface area (Å²) in [6, 6.07) is 2.60. The van der Waals surface area contributed by atoms with Gasteiger partial charge in [0.25, 0.3) is 0 Å². The lowest BCUT2D eigenvalue weighted by molar-refractivity contribution is -0.190. The molecule has 27 heavy (non-hydrogen) atoms. The fourth-order valence-corrected chi connectivity index (χ4v) is 3.38. The summed E-state index contributed by atoms with van der Waals surface area (Å²) in [4.78, 5) is 36.0. The maximum atomic E-state index is 12.5. The van der Waals surface area contributed by atoms with E-state index in [0.29, 0.717) is 0 Å². The fraction of sp³-hybridized carbons (Fsp3) is 0.471. The first-order valence-electron chi connectivity index (χ1n) is 7.95. The molecule has 3 atom stereocenters. The van der Waals surface area contributed by atoms with Crippen LogP contribution in [0.1, 0.15) is 24.2 Å². The minimum atomic E-state index is -0.844. The summed E-state index contributed by atoms with van der Waals surface area (Å²) in [5, 5.41) is 9.92. The lowest BCUT2D eigenvalue weighted by Crippen LogP contribution is -2.63. The summed E-state index contributed by atoms with van der Waals surface area (Å²) in [6.45, 7) is 2.79. The van der Waals surface area contributed by atoms with Gasteiger partial charge in [-0.2, -0.15) is 0 Å². The lowest BCUT2D eigenvalue weighted by atomic mass is 9.93. The molecule has 10 heteroatoms. The van der Waals surface area contributed by atoms with Crippen LogP contribution in [0.2, 0.25) is 0 Å². The zero-order chi connectivity index (χ0) is 20.3. The average molecular weight is 399 g/mol. The topological polar surface area (TPSA) is 112 Å². The minimum Gasteiger partial charge on any atom is -0.502 e. The predicted molar refractivity (Wildman–Crippen MR) is 95.5 cm³/mol. The van der Waals surface area contributed by atoms with Crippen LogP contribution in [0.5, 0.6) is 17.2 Å². The molecule has 0 aliphatic carbocycles. The molecule has 1 heterocycles. The second-order valence-corrected chi connectivity index (χ2v) is 6.47. The van der Waals surface area contributed by atoms with Crippen molar-refractivity contribution in [2.45, 2.75) is 26.2 Å². The van der Waals surface area contributed by atoms with Gasteiger partial charge in [0.1, 0.15) is 12.0 Å². The number of benzene rings is 1. The number of amides is 1. The first-order valence-corrected chi connectivity index (χ1v) is 9.13. The number of nitrogens with zero attached hydrogens (tertiary/aromatic N) is 1. The molecule has 1 fully saturated rings. The minimum absolute atomic E-state index is 0.0417. The van der Waals surface area contributed by atoms with Gasteiger partial charge in [-0.1, -0.05) is 0 Å². The number of hydrogen-bond donors (Lipinski definition) is 1. The Morgan fingerprint density at radius 1 is 1.22 bits per heavy atom. The molecule has 0 unspecified atom stereocenters. The van der Waals surface area contributed by atoms with Crippen molar-refractivity contribution >= 4 is 29.8 Å². The van der Waals surface area contributed by atoms with E-state index in [1.165, 1.54) is 37.6 Å². The third kappa shape index (κ3) is 4.05. The van der Waals surface area contributed by atoms with E-state index in [-0.39, 0.29) is 28.7 Å². The first-order chi connectivity index (χ1) is 12.7. The van der Waals surface area contributed by atoms with Crippen LogP contribution < -0.4 is 9.47 Å². The molecule has 1 amide bonds. The highest BCUT2D eigenvalue weighted by Crippen LogP contribution is 2.39. The number of carbonyl (C=O) groups excluding carboxylic acids is 3. The Bertz CT molecular complexity index is 727. The van der Waals surface area contributed by atoms with Crippen molar-refractivity contribution in [2.75, 3.05) is 20.5 Å². The van der Waals surface area contributed by atoms with E-state index < -0.39 is 30.2 Å². The Morgan fingerprint density at radius 2 is 1.78 bits per heavy atom. The highest BCUT2D eigenvalue weighted by molar-refractivity contribution is 7.96. The number of methoxy groups -OCH3 is 2. The number of β-lactam (4-membered cyclic amide) rings is 1. The van der Waals surface area contributed by atoms with Gasteiger partial charge < -0.3 is 24.1 Å². The number of aromatic hydroxyl groups is 1. The van der Waals surface area contributed by atoms with Crippen LogP contribution in [0.3, 0.4) is 0 Å².